The number of piperidine rings is 1. The van der Waals surface area contributed by atoms with E-state index in [9.17, 15) is 9.18 Å². The molecule has 27 heavy (non-hydrogen) atoms. The van der Waals surface area contributed by atoms with Crippen LogP contribution in [0.5, 0.6) is 5.75 Å². The van der Waals surface area contributed by atoms with E-state index in [2.05, 4.69) is 6.07 Å². The SMILES string of the molecule is COc1ccccc1C1CCN(C(=O)C[C@H](N)Cc2ccccc2F)CC1. The molecule has 1 aliphatic rings. The summed E-state index contributed by atoms with van der Waals surface area (Å²) in [4.78, 5) is 14.5. The number of methoxy groups -OCH3 is 1. The second-order valence-corrected chi connectivity index (χ2v) is 7.16. The molecule has 0 saturated carbocycles. The first-order valence-corrected chi connectivity index (χ1v) is 9.48. The van der Waals surface area contributed by atoms with Crippen molar-refractivity contribution in [1.29, 1.82) is 0 Å². The lowest BCUT2D eigenvalue weighted by Gasteiger charge is -2.33. The molecule has 0 spiro atoms. The summed E-state index contributed by atoms with van der Waals surface area (Å²) in [6.07, 6.45) is 2.44. The van der Waals surface area contributed by atoms with Crippen molar-refractivity contribution in [3.05, 3.63) is 65.5 Å². The number of para-hydroxylation sites is 1. The van der Waals surface area contributed by atoms with Crippen LogP contribution in [-0.4, -0.2) is 37.0 Å². The van der Waals surface area contributed by atoms with Crippen molar-refractivity contribution in [1.82, 2.24) is 4.90 Å². The number of carbonyl (C=O) groups is 1. The third-order valence-corrected chi connectivity index (χ3v) is 5.30. The van der Waals surface area contributed by atoms with Crippen molar-refractivity contribution in [3.8, 4) is 5.75 Å². The number of nitrogens with zero attached hydrogens (tertiary/aromatic N) is 1. The minimum Gasteiger partial charge on any atom is -0.496 e. The minimum atomic E-state index is -0.374. The topological polar surface area (TPSA) is 55.6 Å². The monoisotopic (exact) mass is 370 g/mol. The Balaban J connectivity index is 1.52. The van der Waals surface area contributed by atoms with Crippen molar-refractivity contribution < 1.29 is 13.9 Å². The van der Waals surface area contributed by atoms with Crippen LogP contribution < -0.4 is 10.5 Å². The van der Waals surface area contributed by atoms with Crippen LogP contribution in [0.15, 0.2) is 48.5 Å². The molecule has 2 N–H and O–H groups in total. The first kappa shape index (κ1) is 19.4. The van der Waals surface area contributed by atoms with Crippen LogP contribution in [0.3, 0.4) is 0 Å². The maximum absolute atomic E-state index is 13.7. The Morgan fingerprint density at radius 3 is 2.56 bits per heavy atom. The molecule has 0 aromatic heterocycles. The highest BCUT2D eigenvalue weighted by molar-refractivity contribution is 5.77. The lowest BCUT2D eigenvalue weighted by atomic mass is 9.88. The smallest absolute Gasteiger partial charge is 0.224 e. The van der Waals surface area contributed by atoms with Gasteiger partial charge in [-0.15, -0.1) is 0 Å². The number of nitrogens with two attached hydrogens (primary N) is 1. The van der Waals surface area contributed by atoms with E-state index in [1.807, 2.05) is 23.1 Å². The lowest BCUT2D eigenvalue weighted by molar-refractivity contribution is -0.132. The van der Waals surface area contributed by atoms with Crippen molar-refractivity contribution >= 4 is 5.91 Å². The van der Waals surface area contributed by atoms with Crippen molar-refractivity contribution in [2.24, 2.45) is 5.73 Å². The van der Waals surface area contributed by atoms with Gasteiger partial charge in [-0.1, -0.05) is 36.4 Å². The van der Waals surface area contributed by atoms with Crippen LogP contribution in [-0.2, 0) is 11.2 Å². The summed E-state index contributed by atoms with van der Waals surface area (Å²) in [6, 6.07) is 14.3. The van der Waals surface area contributed by atoms with Crippen LogP contribution in [0, 0.1) is 5.82 Å². The summed E-state index contributed by atoms with van der Waals surface area (Å²) in [7, 11) is 1.69. The van der Waals surface area contributed by atoms with E-state index >= 15 is 0 Å². The molecule has 0 radical (unpaired) electrons. The first-order valence-electron chi connectivity index (χ1n) is 9.48. The first-order chi connectivity index (χ1) is 13.1. The molecule has 1 amide bonds. The Kier molecular flexibility index (Phi) is 6.45. The quantitative estimate of drug-likeness (QED) is 0.847. The predicted octanol–water partition coefficient (Wildman–Crippen LogP) is 3.50. The van der Waals surface area contributed by atoms with Gasteiger partial charge in [0.05, 0.1) is 7.11 Å². The number of carbonyl (C=O) groups excluding carboxylic acids is 1. The number of hydrogen-bond acceptors (Lipinski definition) is 3. The van der Waals surface area contributed by atoms with E-state index in [0.717, 1.165) is 18.6 Å². The Morgan fingerprint density at radius 1 is 1.19 bits per heavy atom. The molecule has 1 aliphatic heterocycles. The highest BCUT2D eigenvalue weighted by atomic mass is 19.1. The van der Waals surface area contributed by atoms with E-state index in [4.69, 9.17) is 10.5 Å². The van der Waals surface area contributed by atoms with Gasteiger partial charge in [0.2, 0.25) is 5.91 Å². The van der Waals surface area contributed by atoms with Gasteiger partial charge in [0, 0.05) is 25.6 Å². The molecule has 4 nitrogen and oxygen atoms in total. The molecule has 0 unspecified atom stereocenters. The van der Waals surface area contributed by atoms with Gasteiger partial charge in [-0.25, -0.2) is 4.39 Å². The predicted molar refractivity (Wildman–Crippen MR) is 104 cm³/mol. The van der Waals surface area contributed by atoms with E-state index in [-0.39, 0.29) is 24.2 Å². The lowest BCUT2D eigenvalue weighted by Crippen LogP contribution is -2.41. The molecule has 3 rings (SSSR count). The van der Waals surface area contributed by atoms with E-state index < -0.39 is 0 Å². The number of likely N-dealkylation sites (tertiary alicyclic amines) is 1. The molecule has 1 fully saturated rings. The van der Waals surface area contributed by atoms with Gasteiger partial charge in [-0.05, 0) is 48.4 Å². The summed E-state index contributed by atoms with van der Waals surface area (Å²) < 4.78 is 19.2. The van der Waals surface area contributed by atoms with E-state index in [0.29, 0.717) is 31.0 Å². The van der Waals surface area contributed by atoms with Gasteiger partial charge in [0.25, 0.3) is 0 Å². The molecule has 1 saturated heterocycles. The van der Waals surface area contributed by atoms with Gasteiger partial charge in [-0.3, -0.25) is 4.79 Å². The molecular formula is C22H27FN2O2. The fourth-order valence-electron chi connectivity index (χ4n) is 3.82. The van der Waals surface area contributed by atoms with Crippen LogP contribution in [0.1, 0.15) is 36.3 Å². The Hall–Kier alpha value is -2.40. The van der Waals surface area contributed by atoms with Crippen molar-refractivity contribution in [3.63, 3.8) is 0 Å². The number of halogens is 1. The number of benzene rings is 2. The van der Waals surface area contributed by atoms with Crippen molar-refractivity contribution in [2.45, 2.75) is 37.6 Å². The standard InChI is InChI=1S/C22H27FN2O2/c1-27-21-9-5-3-7-19(21)16-10-12-25(13-11-16)22(26)15-18(24)14-17-6-2-4-8-20(17)23/h2-9,16,18H,10-15,24H2,1H3/t18-/m1/s1. The van der Waals surface area contributed by atoms with Crippen LogP contribution in [0.25, 0.3) is 0 Å². The zero-order valence-corrected chi connectivity index (χ0v) is 15.7. The van der Waals surface area contributed by atoms with Crippen LogP contribution in [0.4, 0.5) is 4.39 Å². The van der Waals surface area contributed by atoms with E-state index in [1.54, 1.807) is 25.3 Å². The van der Waals surface area contributed by atoms with Crippen LogP contribution >= 0.6 is 0 Å². The van der Waals surface area contributed by atoms with Gasteiger partial charge < -0.3 is 15.4 Å². The molecule has 2 aromatic rings. The third-order valence-electron chi connectivity index (χ3n) is 5.30. The average molecular weight is 370 g/mol. The second-order valence-electron chi connectivity index (χ2n) is 7.16. The molecule has 2 aromatic carbocycles. The Labute approximate surface area is 160 Å². The summed E-state index contributed by atoms with van der Waals surface area (Å²) >= 11 is 0. The van der Waals surface area contributed by atoms with Gasteiger partial charge in [0.1, 0.15) is 11.6 Å². The number of ether oxygens (including phenoxy) is 1. The summed E-state index contributed by atoms with van der Waals surface area (Å²) in [5.41, 5.74) is 7.88. The van der Waals surface area contributed by atoms with Crippen LogP contribution in [0.2, 0.25) is 0 Å². The zero-order chi connectivity index (χ0) is 19.2. The summed E-state index contributed by atoms with van der Waals surface area (Å²) in [5, 5.41) is 0. The van der Waals surface area contributed by atoms with Gasteiger partial charge in [0.15, 0.2) is 0 Å². The van der Waals surface area contributed by atoms with E-state index in [1.165, 1.54) is 11.6 Å². The Bertz CT molecular complexity index is 772. The maximum atomic E-state index is 13.7. The maximum Gasteiger partial charge on any atom is 0.224 e. The van der Waals surface area contributed by atoms with Gasteiger partial charge in [-0.2, -0.15) is 0 Å². The molecule has 0 aliphatic carbocycles. The highest BCUT2D eigenvalue weighted by Crippen LogP contribution is 2.34. The summed E-state index contributed by atoms with van der Waals surface area (Å²) in [6.45, 7) is 1.43. The number of hydrogen-bond donors (Lipinski definition) is 1. The molecular weight excluding hydrogens is 343 g/mol. The normalized spacial score (nSPS) is 16.2. The number of amides is 1. The Morgan fingerprint density at radius 2 is 1.85 bits per heavy atom. The summed E-state index contributed by atoms with van der Waals surface area (Å²) in [5.74, 6) is 1.10. The van der Waals surface area contributed by atoms with Gasteiger partial charge >= 0.3 is 0 Å². The second kappa shape index (κ2) is 9.00. The zero-order valence-electron chi connectivity index (χ0n) is 15.7. The molecule has 1 atom stereocenters. The molecule has 144 valence electrons. The molecule has 0 bridgehead atoms. The number of rotatable bonds is 6. The fourth-order valence-corrected chi connectivity index (χ4v) is 3.82. The largest absolute Gasteiger partial charge is 0.496 e. The molecule has 5 heteroatoms. The third kappa shape index (κ3) is 4.86. The fraction of sp³-hybridized carbons (Fsp3) is 0.409. The van der Waals surface area contributed by atoms with Crippen molar-refractivity contribution in [2.75, 3.05) is 20.2 Å². The molecule has 1 heterocycles. The average Bonchev–Trinajstić information content (AvgIpc) is 2.69. The highest BCUT2D eigenvalue weighted by Gasteiger charge is 2.26. The minimum absolute atomic E-state index is 0.0531.